The molecule has 0 saturated heterocycles. The fraction of sp³-hybridized carbons (Fsp3) is 0.316. The molecule has 8 heteroatoms. The number of benzene rings is 1. The molecular weight excluding hydrogens is 369 g/mol. The van der Waals surface area contributed by atoms with Crippen LogP contribution in [-0.2, 0) is 17.0 Å². The van der Waals surface area contributed by atoms with E-state index in [-0.39, 0.29) is 11.6 Å². The maximum Gasteiger partial charge on any atom is 0.374 e. The minimum atomic E-state index is -0.522. The summed E-state index contributed by atoms with van der Waals surface area (Å²) in [5.41, 5.74) is 1.12. The quantitative estimate of drug-likeness (QED) is 0.440. The van der Waals surface area contributed by atoms with E-state index in [1.807, 2.05) is 4.57 Å². The Labute approximate surface area is 160 Å². The van der Waals surface area contributed by atoms with Gasteiger partial charge >= 0.3 is 5.97 Å². The topological polar surface area (TPSA) is 70.2 Å². The Morgan fingerprint density at radius 3 is 2.78 bits per heavy atom. The first-order valence-electron chi connectivity index (χ1n) is 8.46. The number of nitrogens with zero attached hydrogens (tertiary/aromatic N) is 3. The zero-order valence-electron chi connectivity index (χ0n) is 15.3. The van der Waals surface area contributed by atoms with Crippen LogP contribution in [0.15, 0.2) is 46.2 Å². The maximum absolute atomic E-state index is 14.2. The van der Waals surface area contributed by atoms with Crippen LogP contribution < -0.4 is 0 Å². The summed E-state index contributed by atoms with van der Waals surface area (Å²) in [4.78, 5) is 11.7. The molecule has 6 nitrogen and oxygen atoms in total. The molecule has 0 atom stereocenters. The third-order valence-corrected chi connectivity index (χ3v) is 4.87. The predicted molar refractivity (Wildman–Crippen MR) is 99.9 cm³/mol. The van der Waals surface area contributed by atoms with Crippen molar-refractivity contribution in [2.45, 2.75) is 31.3 Å². The van der Waals surface area contributed by atoms with Gasteiger partial charge in [-0.2, -0.15) is 0 Å². The van der Waals surface area contributed by atoms with E-state index in [9.17, 15) is 9.18 Å². The van der Waals surface area contributed by atoms with Gasteiger partial charge in [-0.3, -0.25) is 0 Å². The number of carbonyl (C=O) groups is 1. The molecule has 3 aromatic rings. The number of aromatic nitrogens is 3. The molecule has 0 spiro atoms. The Morgan fingerprint density at radius 1 is 1.30 bits per heavy atom. The molecule has 0 aliphatic heterocycles. The Kier molecular flexibility index (Phi) is 5.95. The molecule has 0 unspecified atom stereocenters. The van der Waals surface area contributed by atoms with Crippen LogP contribution in [0.2, 0.25) is 0 Å². The number of hydrogen-bond donors (Lipinski definition) is 0. The van der Waals surface area contributed by atoms with Crippen molar-refractivity contribution < 1.29 is 18.3 Å². The molecule has 0 bridgehead atoms. The first-order chi connectivity index (χ1) is 13.0. The highest BCUT2D eigenvalue weighted by Crippen LogP contribution is 2.29. The number of furan rings is 1. The summed E-state index contributed by atoms with van der Waals surface area (Å²) >= 11 is 1.41. The van der Waals surface area contributed by atoms with Crippen LogP contribution in [0.1, 0.15) is 30.0 Å². The number of thioether (sulfide) groups is 1. The average molecular weight is 389 g/mol. The lowest BCUT2D eigenvalue weighted by Gasteiger charge is -2.12. The molecule has 1 aromatic carbocycles. The van der Waals surface area contributed by atoms with Crippen molar-refractivity contribution in [2.24, 2.45) is 5.92 Å². The lowest BCUT2D eigenvalue weighted by molar-refractivity contribution is 0.0564. The molecule has 0 N–H and O–H groups in total. The SMILES string of the molecule is COC(=O)c1occc1CSc1nnc(-c2ccccc2F)n1CC(C)C. The van der Waals surface area contributed by atoms with Crippen molar-refractivity contribution in [3.8, 4) is 11.4 Å². The van der Waals surface area contributed by atoms with Gasteiger partial charge < -0.3 is 13.7 Å². The molecule has 2 heterocycles. The van der Waals surface area contributed by atoms with Crippen LogP contribution in [0.5, 0.6) is 0 Å². The van der Waals surface area contributed by atoms with Gasteiger partial charge in [-0.05, 0) is 24.1 Å². The van der Waals surface area contributed by atoms with Crippen molar-refractivity contribution >= 4 is 17.7 Å². The number of esters is 1. The second-order valence-corrected chi connectivity index (χ2v) is 7.29. The molecule has 142 valence electrons. The maximum atomic E-state index is 14.2. The summed E-state index contributed by atoms with van der Waals surface area (Å²) in [6.07, 6.45) is 1.45. The lowest BCUT2D eigenvalue weighted by Crippen LogP contribution is -2.08. The summed E-state index contributed by atoms with van der Waals surface area (Å²) < 4.78 is 26.1. The van der Waals surface area contributed by atoms with E-state index in [0.717, 1.165) is 0 Å². The first-order valence-corrected chi connectivity index (χ1v) is 9.45. The number of methoxy groups -OCH3 is 1. The first kappa shape index (κ1) is 19.2. The smallest absolute Gasteiger partial charge is 0.374 e. The third-order valence-electron chi connectivity index (χ3n) is 3.85. The van der Waals surface area contributed by atoms with E-state index < -0.39 is 5.97 Å². The third kappa shape index (κ3) is 4.21. The highest BCUT2D eigenvalue weighted by molar-refractivity contribution is 7.98. The fourth-order valence-corrected chi connectivity index (χ4v) is 3.56. The monoisotopic (exact) mass is 389 g/mol. The van der Waals surface area contributed by atoms with Gasteiger partial charge in [-0.1, -0.05) is 37.7 Å². The minimum absolute atomic E-state index is 0.175. The van der Waals surface area contributed by atoms with Gasteiger partial charge in [0.05, 0.1) is 18.9 Å². The van der Waals surface area contributed by atoms with E-state index in [2.05, 4.69) is 24.0 Å². The van der Waals surface area contributed by atoms with Crippen LogP contribution in [0, 0.1) is 11.7 Å². The second kappa shape index (κ2) is 8.39. The van der Waals surface area contributed by atoms with Crippen LogP contribution in [0.25, 0.3) is 11.4 Å². The van der Waals surface area contributed by atoms with Crippen molar-refractivity contribution in [3.05, 3.63) is 53.7 Å². The normalized spacial score (nSPS) is 11.1. The predicted octanol–water partition coefficient (Wildman–Crippen LogP) is 4.41. The number of carbonyl (C=O) groups excluding carboxylic acids is 1. The Bertz CT molecular complexity index is 936. The van der Waals surface area contributed by atoms with E-state index in [0.29, 0.717) is 40.3 Å². The van der Waals surface area contributed by atoms with Gasteiger partial charge in [0.25, 0.3) is 0 Å². The highest BCUT2D eigenvalue weighted by atomic mass is 32.2. The number of rotatable bonds is 7. The second-order valence-electron chi connectivity index (χ2n) is 6.35. The van der Waals surface area contributed by atoms with Gasteiger partial charge in [0.2, 0.25) is 5.76 Å². The lowest BCUT2D eigenvalue weighted by atomic mass is 10.2. The van der Waals surface area contributed by atoms with Crippen molar-refractivity contribution in [2.75, 3.05) is 7.11 Å². The van der Waals surface area contributed by atoms with Crippen molar-refractivity contribution in [1.29, 1.82) is 0 Å². The van der Waals surface area contributed by atoms with Crippen LogP contribution in [0.3, 0.4) is 0 Å². The molecule has 0 fully saturated rings. The van der Waals surface area contributed by atoms with Crippen LogP contribution in [0.4, 0.5) is 4.39 Å². The zero-order chi connectivity index (χ0) is 19.4. The minimum Gasteiger partial charge on any atom is -0.463 e. The molecule has 0 aliphatic carbocycles. The Hall–Kier alpha value is -2.61. The highest BCUT2D eigenvalue weighted by Gasteiger charge is 2.20. The summed E-state index contributed by atoms with van der Waals surface area (Å²) in [6, 6.07) is 8.24. The number of ether oxygens (including phenoxy) is 1. The van der Waals surface area contributed by atoms with Crippen LogP contribution in [-0.4, -0.2) is 27.8 Å². The molecule has 0 radical (unpaired) electrons. The van der Waals surface area contributed by atoms with Crippen molar-refractivity contribution in [3.63, 3.8) is 0 Å². The summed E-state index contributed by atoms with van der Waals surface area (Å²) in [5.74, 6) is 0.582. The molecule has 0 saturated carbocycles. The molecule has 27 heavy (non-hydrogen) atoms. The van der Waals surface area contributed by atoms with Gasteiger partial charge in [-0.25, -0.2) is 9.18 Å². The van der Waals surface area contributed by atoms with Gasteiger partial charge in [0, 0.05) is 17.9 Å². The van der Waals surface area contributed by atoms with Crippen LogP contribution >= 0.6 is 11.8 Å². The average Bonchev–Trinajstić information content (AvgIpc) is 3.26. The number of halogens is 1. The summed E-state index contributed by atoms with van der Waals surface area (Å²) in [6.45, 7) is 4.80. The fourth-order valence-electron chi connectivity index (χ4n) is 2.63. The van der Waals surface area contributed by atoms with Gasteiger partial charge in [-0.15, -0.1) is 10.2 Å². The van der Waals surface area contributed by atoms with Gasteiger partial charge in [0.15, 0.2) is 11.0 Å². The van der Waals surface area contributed by atoms with E-state index in [1.54, 1.807) is 24.3 Å². The number of hydrogen-bond acceptors (Lipinski definition) is 6. The standard InChI is InChI=1S/C19H20FN3O3S/c1-12(2)10-23-17(14-6-4-5-7-15(14)20)21-22-19(23)27-11-13-8-9-26-16(13)18(24)25-3/h4-9,12H,10-11H2,1-3H3. The van der Waals surface area contributed by atoms with E-state index >= 15 is 0 Å². The summed E-state index contributed by atoms with van der Waals surface area (Å²) in [7, 11) is 1.31. The largest absolute Gasteiger partial charge is 0.463 e. The van der Waals surface area contributed by atoms with Gasteiger partial charge in [0.1, 0.15) is 5.82 Å². The Morgan fingerprint density at radius 2 is 2.07 bits per heavy atom. The van der Waals surface area contributed by atoms with E-state index in [1.165, 1.54) is 31.2 Å². The molecule has 0 amide bonds. The molecule has 3 rings (SSSR count). The molecule has 0 aliphatic rings. The Balaban J connectivity index is 1.89. The van der Waals surface area contributed by atoms with Crippen molar-refractivity contribution in [1.82, 2.24) is 14.8 Å². The summed E-state index contributed by atoms with van der Waals surface area (Å²) in [5, 5.41) is 9.11. The zero-order valence-corrected chi connectivity index (χ0v) is 16.1. The molecule has 2 aromatic heterocycles. The van der Waals surface area contributed by atoms with E-state index in [4.69, 9.17) is 9.15 Å². The molecular formula is C19H20FN3O3S.